The van der Waals surface area contributed by atoms with Crippen molar-refractivity contribution < 1.29 is 14.3 Å². The number of carbonyl (C=O) groups excluding carboxylic acids is 1. The predicted molar refractivity (Wildman–Crippen MR) is 59.9 cm³/mol. The van der Waals surface area contributed by atoms with Crippen LogP contribution >= 0.6 is 0 Å². The van der Waals surface area contributed by atoms with E-state index >= 15 is 0 Å². The maximum Gasteiger partial charge on any atom is 0.327 e. The van der Waals surface area contributed by atoms with Crippen LogP contribution in [0, 0.1) is 12.8 Å². The minimum Gasteiger partial charge on any atom is -0.489 e. The van der Waals surface area contributed by atoms with E-state index in [9.17, 15) is 4.79 Å². The van der Waals surface area contributed by atoms with E-state index in [2.05, 4.69) is 5.10 Å². The van der Waals surface area contributed by atoms with E-state index in [-0.39, 0.29) is 12.5 Å². The summed E-state index contributed by atoms with van der Waals surface area (Å²) >= 11 is 0. The second-order valence-electron chi connectivity index (χ2n) is 4.68. The Kier molecular flexibility index (Phi) is 2.34. The van der Waals surface area contributed by atoms with Crippen molar-refractivity contribution in [3.05, 3.63) is 11.4 Å². The van der Waals surface area contributed by atoms with Gasteiger partial charge in [-0.1, -0.05) is 0 Å². The molecule has 1 aliphatic heterocycles. The molecule has 5 heteroatoms. The van der Waals surface area contributed by atoms with E-state index in [0.29, 0.717) is 18.4 Å². The highest BCUT2D eigenvalue weighted by Gasteiger charge is 2.47. The van der Waals surface area contributed by atoms with Gasteiger partial charge < -0.3 is 9.47 Å². The Labute approximate surface area is 99.7 Å². The van der Waals surface area contributed by atoms with Crippen molar-refractivity contribution in [3.8, 4) is 5.75 Å². The summed E-state index contributed by atoms with van der Waals surface area (Å²) in [6, 6.07) is 0. The molecule has 2 atom stereocenters. The van der Waals surface area contributed by atoms with Crippen molar-refractivity contribution in [3.63, 3.8) is 0 Å². The van der Waals surface area contributed by atoms with Crippen LogP contribution in [0.25, 0.3) is 0 Å². The molecular weight excluding hydrogens is 220 g/mol. The molecule has 1 fully saturated rings. The van der Waals surface area contributed by atoms with Crippen LogP contribution in [0.1, 0.15) is 30.7 Å². The summed E-state index contributed by atoms with van der Waals surface area (Å²) < 4.78 is 12.4. The smallest absolute Gasteiger partial charge is 0.327 e. The van der Waals surface area contributed by atoms with Crippen LogP contribution in [0.5, 0.6) is 5.75 Å². The fraction of sp³-hybridized carbons (Fsp3) is 0.667. The lowest BCUT2D eigenvalue weighted by atomic mass is 10.1. The number of nitrogens with zero attached hydrogens (tertiary/aromatic N) is 2. The number of hydrogen-bond donors (Lipinski definition) is 0. The highest BCUT2D eigenvalue weighted by atomic mass is 16.5. The third-order valence-electron chi connectivity index (χ3n) is 3.41. The quantitative estimate of drug-likeness (QED) is 0.741. The molecular formula is C12H16N2O3. The number of aryl methyl sites for hydroxylation is 1. The zero-order chi connectivity index (χ0) is 12.0. The zero-order valence-electron chi connectivity index (χ0n) is 10.1. The lowest BCUT2D eigenvalue weighted by Crippen LogP contribution is -2.18. The van der Waals surface area contributed by atoms with Gasteiger partial charge in [0.25, 0.3) is 0 Å². The third-order valence-corrected chi connectivity index (χ3v) is 3.41. The Hall–Kier alpha value is -1.52. The Morgan fingerprint density at radius 1 is 1.65 bits per heavy atom. The zero-order valence-corrected chi connectivity index (χ0v) is 10.1. The first-order valence-corrected chi connectivity index (χ1v) is 6.06. The van der Waals surface area contributed by atoms with E-state index < -0.39 is 0 Å². The Balaban J connectivity index is 1.88. The molecule has 0 amide bonds. The summed E-state index contributed by atoms with van der Waals surface area (Å²) in [5, 5.41) is 4.38. The topological polar surface area (TPSA) is 53.4 Å². The Morgan fingerprint density at radius 2 is 2.47 bits per heavy atom. The molecule has 2 heterocycles. The maximum absolute atomic E-state index is 11.5. The molecule has 2 aliphatic rings. The molecule has 0 N–H and O–H groups in total. The van der Waals surface area contributed by atoms with Gasteiger partial charge in [-0.2, -0.15) is 5.10 Å². The molecule has 2 unspecified atom stereocenters. The molecule has 3 rings (SSSR count). The van der Waals surface area contributed by atoms with Crippen LogP contribution in [0.4, 0.5) is 0 Å². The summed E-state index contributed by atoms with van der Waals surface area (Å²) in [4.78, 5) is 11.5. The first kappa shape index (κ1) is 10.6. The second kappa shape index (κ2) is 3.75. The van der Waals surface area contributed by atoms with Crippen LogP contribution in [-0.2, 0) is 16.1 Å². The minimum atomic E-state index is -0.236. The number of rotatable bonds is 3. The summed E-state index contributed by atoms with van der Waals surface area (Å²) in [6.45, 7) is 5.12. The monoisotopic (exact) mass is 236 g/mol. The lowest BCUT2D eigenvalue weighted by molar-refractivity contribution is -0.144. The number of fused-ring (bicyclic) bond motifs is 3. The van der Waals surface area contributed by atoms with Gasteiger partial charge in [0, 0.05) is 11.8 Å². The minimum absolute atomic E-state index is 0.191. The molecule has 1 aromatic heterocycles. The summed E-state index contributed by atoms with van der Waals surface area (Å²) in [5.41, 5.74) is 1.96. The van der Waals surface area contributed by atoms with E-state index in [4.69, 9.17) is 9.47 Å². The number of hydrogen-bond acceptors (Lipinski definition) is 4. The standard InChI is InChI=1S/C12H16N2O3/c1-3-16-10(15)5-14-11-9-4-8(9)6-17-12(11)7(2)13-14/h8-9H,3-6H2,1-2H3. The van der Waals surface area contributed by atoms with E-state index in [1.54, 1.807) is 4.68 Å². The van der Waals surface area contributed by atoms with E-state index in [0.717, 1.165) is 30.2 Å². The van der Waals surface area contributed by atoms with Crippen molar-refractivity contribution >= 4 is 5.97 Å². The second-order valence-corrected chi connectivity index (χ2v) is 4.68. The van der Waals surface area contributed by atoms with Crippen molar-refractivity contribution in [2.24, 2.45) is 5.92 Å². The molecule has 0 radical (unpaired) electrons. The van der Waals surface area contributed by atoms with Crippen molar-refractivity contribution in [2.75, 3.05) is 13.2 Å². The highest BCUT2D eigenvalue weighted by Crippen LogP contribution is 2.54. The van der Waals surface area contributed by atoms with Crippen LogP contribution in [0.15, 0.2) is 0 Å². The van der Waals surface area contributed by atoms with Gasteiger partial charge in [-0.15, -0.1) is 0 Å². The number of ether oxygens (including phenoxy) is 2. The average Bonchev–Trinajstić information content (AvgIpc) is 3.00. The maximum atomic E-state index is 11.5. The molecule has 0 saturated heterocycles. The predicted octanol–water partition coefficient (Wildman–Crippen LogP) is 1.25. The summed E-state index contributed by atoms with van der Waals surface area (Å²) in [7, 11) is 0. The first-order valence-electron chi connectivity index (χ1n) is 6.06. The highest BCUT2D eigenvalue weighted by molar-refractivity contribution is 5.69. The van der Waals surface area contributed by atoms with E-state index in [1.807, 2.05) is 13.8 Å². The molecule has 92 valence electrons. The van der Waals surface area contributed by atoms with E-state index in [1.165, 1.54) is 0 Å². The van der Waals surface area contributed by atoms with Gasteiger partial charge in [-0.05, 0) is 20.3 Å². The van der Waals surface area contributed by atoms with Gasteiger partial charge in [0.1, 0.15) is 12.2 Å². The molecule has 1 aliphatic carbocycles. The van der Waals surface area contributed by atoms with Gasteiger partial charge in [-0.3, -0.25) is 9.48 Å². The summed E-state index contributed by atoms with van der Waals surface area (Å²) in [5.74, 6) is 1.81. The SMILES string of the molecule is CCOC(=O)Cn1nc(C)c2c1C1CC1CO2. The Bertz CT molecular complexity index is 467. The fourth-order valence-electron chi connectivity index (χ4n) is 2.53. The molecule has 0 aromatic carbocycles. The molecule has 5 nitrogen and oxygen atoms in total. The van der Waals surface area contributed by atoms with Crippen LogP contribution in [0.2, 0.25) is 0 Å². The first-order chi connectivity index (χ1) is 8.20. The largest absolute Gasteiger partial charge is 0.489 e. The van der Waals surface area contributed by atoms with Crippen LogP contribution < -0.4 is 4.74 Å². The molecule has 0 bridgehead atoms. The van der Waals surface area contributed by atoms with Gasteiger partial charge in [0.15, 0.2) is 5.75 Å². The van der Waals surface area contributed by atoms with Crippen molar-refractivity contribution in [2.45, 2.75) is 32.7 Å². The fourth-order valence-corrected chi connectivity index (χ4v) is 2.53. The molecule has 17 heavy (non-hydrogen) atoms. The van der Waals surface area contributed by atoms with Crippen LogP contribution in [-0.4, -0.2) is 29.0 Å². The van der Waals surface area contributed by atoms with Crippen molar-refractivity contribution in [1.29, 1.82) is 0 Å². The van der Waals surface area contributed by atoms with Gasteiger partial charge in [0.05, 0.1) is 18.9 Å². The van der Waals surface area contributed by atoms with Crippen LogP contribution in [0.3, 0.4) is 0 Å². The van der Waals surface area contributed by atoms with Gasteiger partial charge >= 0.3 is 5.97 Å². The number of carbonyl (C=O) groups is 1. The lowest BCUT2D eigenvalue weighted by Gasteiger charge is -2.14. The average molecular weight is 236 g/mol. The van der Waals surface area contributed by atoms with Crippen molar-refractivity contribution in [1.82, 2.24) is 9.78 Å². The number of aromatic nitrogens is 2. The Morgan fingerprint density at radius 3 is 3.24 bits per heavy atom. The molecule has 1 aromatic rings. The third kappa shape index (κ3) is 1.69. The normalized spacial score (nSPS) is 24.6. The molecule has 0 spiro atoms. The summed E-state index contributed by atoms with van der Waals surface area (Å²) in [6.07, 6.45) is 1.15. The number of esters is 1. The molecule has 1 saturated carbocycles. The van der Waals surface area contributed by atoms with Gasteiger partial charge in [-0.25, -0.2) is 0 Å². The van der Waals surface area contributed by atoms with Gasteiger partial charge in [0.2, 0.25) is 0 Å².